The Morgan fingerprint density at radius 1 is 0.969 bits per heavy atom. The van der Waals surface area contributed by atoms with Crippen LogP contribution in [0.25, 0.3) is 11.0 Å². The zero-order valence-electron chi connectivity index (χ0n) is 16.8. The Bertz CT molecular complexity index is 1350. The first-order valence-electron chi connectivity index (χ1n) is 9.54. The lowest BCUT2D eigenvalue weighted by Crippen LogP contribution is -2.21. The lowest BCUT2D eigenvalue weighted by molar-refractivity contribution is -0.137. The summed E-state index contributed by atoms with van der Waals surface area (Å²) in [7, 11) is 1.51. The number of halogens is 3. The molecule has 1 amide bonds. The summed E-state index contributed by atoms with van der Waals surface area (Å²) in [6.45, 7) is 0. The molecule has 0 atom stereocenters. The van der Waals surface area contributed by atoms with E-state index in [1.54, 1.807) is 48.5 Å². The maximum Gasteiger partial charge on any atom is 0.416 e. The Morgan fingerprint density at radius 2 is 1.75 bits per heavy atom. The Hall–Kier alpha value is -4.07. The van der Waals surface area contributed by atoms with Crippen LogP contribution in [0.3, 0.4) is 0 Å². The van der Waals surface area contributed by atoms with E-state index in [9.17, 15) is 18.0 Å². The van der Waals surface area contributed by atoms with Crippen LogP contribution in [0.2, 0.25) is 0 Å². The molecule has 0 spiro atoms. The van der Waals surface area contributed by atoms with Crippen molar-refractivity contribution >= 4 is 28.3 Å². The molecule has 0 bridgehead atoms. The molecule has 5 nitrogen and oxygen atoms in total. The van der Waals surface area contributed by atoms with Gasteiger partial charge in [-0.2, -0.15) is 13.2 Å². The number of fused-ring (bicyclic) bond motifs is 1. The smallest absolute Gasteiger partial charge is 0.416 e. The van der Waals surface area contributed by atoms with Crippen LogP contribution in [-0.4, -0.2) is 13.0 Å². The molecule has 0 aliphatic heterocycles. The number of benzene rings is 3. The molecular weight excluding hydrogens is 421 g/mol. The van der Waals surface area contributed by atoms with E-state index in [1.807, 2.05) is 6.07 Å². The number of nitrogens with one attached hydrogen (secondary N) is 1. The average molecular weight is 438 g/mol. The summed E-state index contributed by atoms with van der Waals surface area (Å²) >= 11 is 0. The highest BCUT2D eigenvalue weighted by molar-refractivity contribution is 6.05. The molecule has 1 heterocycles. The number of alkyl halides is 3. The first-order valence-corrected chi connectivity index (χ1v) is 9.54. The summed E-state index contributed by atoms with van der Waals surface area (Å²) in [6, 6.07) is 19.8. The summed E-state index contributed by atoms with van der Waals surface area (Å²) in [5, 5.41) is 3.32. The van der Waals surface area contributed by atoms with Crippen LogP contribution in [0.15, 0.2) is 88.3 Å². The molecule has 4 aromatic rings. The van der Waals surface area contributed by atoms with E-state index in [4.69, 9.17) is 9.15 Å². The number of methoxy groups -OCH3 is 1. The van der Waals surface area contributed by atoms with Gasteiger partial charge < -0.3 is 14.5 Å². The van der Waals surface area contributed by atoms with Crippen LogP contribution in [-0.2, 0) is 6.18 Å². The van der Waals surface area contributed by atoms with E-state index < -0.39 is 17.6 Å². The molecule has 1 aromatic heterocycles. The molecule has 1 N–H and O–H groups in total. The fourth-order valence-electron chi connectivity index (χ4n) is 3.07. The third-order valence-corrected chi connectivity index (χ3v) is 4.63. The summed E-state index contributed by atoms with van der Waals surface area (Å²) in [6.07, 6.45) is -4.52. The van der Waals surface area contributed by atoms with Gasteiger partial charge in [-0.15, -0.1) is 0 Å². The second-order valence-electron chi connectivity index (χ2n) is 6.85. The van der Waals surface area contributed by atoms with Crippen LogP contribution in [0.5, 0.6) is 5.75 Å². The number of anilines is 1. The monoisotopic (exact) mass is 438 g/mol. The Labute approximate surface area is 180 Å². The van der Waals surface area contributed by atoms with Gasteiger partial charge in [0.05, 0.1) is 18.4 Å². The molecule has 0 aliphatic rings. The summed E-state index contributed by atoms with van der Waals surface area (Å²) < 4.78 is 50.3. The van der Waals surface area contributed by atoms with E-state index in [0.29, 0.717) is 22.4 Å². The van der Waals surface area contributed by atoms with Gasteiger partial charge in [0.25, 0.3) is 5.91 Å². The maximum absolute atomic E-state index is 13.1. The average Bonchev–Trinajstić information content (AvgIpc) is 2.78. The van der Waals surface area contributed by atoms with Crippen molar-refractivity contribution in [3.8, 4) is 5.75 Å². The second kappa shape index (κ2) is 8.58. The number of carbonyl (C=O) groups is 1. The molecule has 0 unspecified atom stereocenters. The molecule has 0 aliphatic carbocycles. The van der Waals surface area contributed by atoms with Crippen molar-refractivity contribution in [3.05, 3.63) is 95.5 Å². The van der Waals surface area contributed by atoms with E-state index in [1.165, 1.54) is 19.2 Å². The van der Waals surface area contributed by atoms with Crippen molar-refractivity contribution in [2.45, 2.75) is 6.18 Å². The fourth-order valence-corrected chi connectivity index (χ4v) is 3.07. The topological polar surface area (TPSA) is 63.8 Å². The fraction of sp³-hybridized carbons (Fsp3) is 0.0833. The normalized spacial score (nSPS) is 12.1. The molecule has 0 radical (unpaired) electrons. The van der Waals surface area contributed by atoms with Gasteiger partial charge in [0.1, 0.15) is 16.9 Å². The number of amides is 1. The number of ether oxygens (including phenoxy) is 1. The van der Waals surface area contributed by atoms with E-state index in [-0.39, 0.29) is 16.8 Å². The number of carbonyl (C=O) groups excluding carboxylic acids is 1. The van der Waals surface area contributed by atoms with Gasteiger partial charge in [0, 0.05) is 11.1 Å². The van der Waals surface area contributed by atoms with Crippen LogP contribution in [0, 0.1) is 0 Å². The zero-order valence-corrected chi connectivity index (χ0v) is 16.8. The Kier molecular flexibility index (Phi) is 5.68. The van der Waals surface area contributed by atoms with E-state index in [2.05, 4.69) is 10.3 Å². The quantitative estimate of drug-likeness (QED) is 0.429. The molecule has 4 rings (SSSR count). The third kappa shape index (κ3) is 4.64. The standard InChI is InChI=1S/C24H17F3N2O3/c1-31-19-10-11-21-15(12-19)13-20(22(30)28-17-7-3-2-4-8-17)23(32-21)29-18-9-5-6-16(14-18)24(25,26)27/h2-14H,1H3,(H,28,30). The largest absolute Gasteiger partial charge is 0.497 e. The number of rotatable bonds is 4. The first-order chi connectivity index (χ1) is 15.3. The molecule has 0 saturated carbocycles. The minimum Gasteiger partial charge on any atom is -0.497 e. The predicted octanol–water partition coefficient (Wildman–Crippen LogP) is 5.94. The second-order valence-corrected chi connectivity index (χ2v) is 6.85. The molecule has 32 heavy (non-hydrogen) atoms. The van der Waals surface area contributed by atoms with E-state index >= 15 is 0 Å². The highest BCUT2D eigenvalue weighted by Gasteiger charge is 2.30. The van der Waals surface area contributed by atoms with Gasteiger partial charge in [0.2, 0.25) is 5.55 Å². The number of hydrogen-bond donors (Lipinski definition) is 1. The Balaban J connectivity index is 1.87. The highest BCUT2D eigenvalue weighted by atomic mass is 19.4. The van der Waals surface area contributed by atoms with Crippen molar-refractivity contribution in [2.75, 3.05) is 12.4 Å². The minimum atomic E-state index is -4.52. The lowest BCUT2D eigenvalue weighted by atomic mass is 10.1. The zero-order chi connectivity index (χ0) is 22.7. The van der Waals surface area contributed by atoms with Gasteiger partial charge in [-0.3, -0.25) is 4.79 Å². The van der Waals surface area contributed by atoms with Crippen molar-refractivity contribution in [2.24, 2.45) is 4.99 Å². The molecule has 0 fully saturated rings. The number of para-hydroxylation sites is 1. The van der Waals surface area contributed by atoms with Crippen molar-refractivity contribution < 1.29 is 27.1 Å². The maximum atomic E-state index is 13.1. The number of nitrogens with zero attached hydrogens (tertiary/aromatic N) is 1. The Morgan fingerprint density at radius 3 is 2.47 bits per heavy atom. The van der Waals surface area contributed by atoms with Crippen molar-refractivity contribution in [1.29, 1.82) is 0 Å². The van der Waals surface area contributed by atoms with Gasteiger partial charge >= 0.3 is 6.18 Å². The molecular formula is C24H17F3N2O3. The van der Waals surface area contributed by atoms with Crippen LogP contribution >= 0.6 is 0 Å². The van der Waals surface area contributed by atoms with E-state index in [0.717, 1.165) is 12.1 Å². The molecule has 0 saturated heterocycles. The minimum absolute atomic E-state index is 0.00481. The summed E-state index contributed by atoms with van der Waals surface area (Å²) in [5.74, 6) is 0.0417. The van der Waals surface area contributed by atoms with Crippen molar-refractivity contribution in [3.63, 3.8) is 0 Å². The first kappa shape index (κ1) is 21.2. The van der Waals surface area contributed by atoms with Crippen LogP contribution in [0.4, 0.5) is 24.5 Å². The summed E-state index contributed by atoms with van der Waals surface area (Å²) in [5.41, 5.74) is 0.0493. The molecule has 162 valence electrons. The van der Waals surface area contributed by atoms with Crippen LogP contribution < -0.4 is 15.6 Å². The third-order valence-electron chi connectivity index (χ3n) is 4.63. The molecule has 8 heteroatoms. The molecule has 3 aromatic carbocycles. The summed E-state index contributed by atoms with van der Waals surface area (Å²) in [4.78, 5) is 17.2. The van der Waals surface area contributed by atoms with Gasteiger partial charge in [-0.05, 0) is 54.6 Å². The highest BCUT2D eigenvalue weighted by Crippen LogP contribution is 2.31. The predicted molar refractivity (Wildman–Crippen MR) is 114 cm³/mol. The van der Waals surface area contributed by atoms with Crippen LogP contribution in [0.1, 0.15) is 15.9 Å². The van der Waals surface area contributed by atoms with Crippen molar-refractivity contribution in [1.82, 2.24) is 0 Å². The van der Waals surface area contributed by atoms with Gasteiger partial charge in [-0.25, -0.2) is 4.99 Å². The SMILES string of the molecule is COc1ccc2oc(=Nc3cccc(C(F)(F)F)c3)c(C(=O)Nc3ccccc3)cc2c1. The van der Waals surface area contributed by atoms with Gasteiger partial charge in [0.15, 0.2) is 0 Å². The number of hydrogen-bond acceptors (Lipinski definition) is 4. The lowest BCUT2D eigenvalue weighted by Gasteiger charge is -2.09. The van der Waals surface area contributed by atoms with Gasteiger partial charge in [-0.1, -0.05) is 24.3 Å².